The fraction of sp³-hybridized carbons (Fsp3) is 0.533. The fourth-order valence-corrected chi connectivity index (χ4v) is 2.90. The summed E-state index contributed by atoms with van der Waals surface area (Å²) in [6.45, 7) is 3.68. The summed E-state index contributed by atoms with van der Waals surface area (Å²) in [5, 5.41) is 16.5. The molecule has 158 valence electrons. The maximum atomic E-state index is 11.4. The van der Waals surface area contributed by atoms with Crippen LogP contribution in [0.1, 0.15) is 30.1 Å². The zero-order chi connectivity index (χ0) is 21.7. The Morgan fingerprint density at radius 1 is 1.25 bits per heavy atom. The van der Waals surface area contributed by atoms with E-state index in [4.69, 9.17) is 9.90 Å². The lowest BCUT2D eigenvalue weighted by molar-refractivity contribution is -0.192. The predicted octanol–water partition coefficient (Wildman–Crippen LogP) is 2.02. The maximum Gasteiger partial charge on any atom is 0.490 e. The van der Waals surface area contributed by atoms with Crippen molar-refractivity contribution >= 4 is 33.5 Å². The summed E-state index contributed by atoms with van der Waals surface area (Å²) in [6.07, 6.45) is -0.748. The van der Waals surface area contributed by atoms with Gasteiger partial charge in [0.25, 0.3) is 0 Å². The number of pyridine rings is 1. The van der Waals surface area contributed by atoms with Crippen LogP contribution >= 0.6 is 0 Å². The van der Waals surface area contributed by atoms with Crippen LogP contribution in [0, 0.1) is 5.92 Å². The molecule has 0 aromatic carbocycles. The van der Waals surface area contributed by atoms with Gasteiger partial charge in [0.15, 0.2) is 0 Å². The largest absolute Gasteiger partial charge is 0.490 e. The zero-order valence-corrected chi connectivity index (χ0v) is 15.8. The van der Waals surface area contributed by atoms with Crippen LogP contribution in [0.3, 0.4) is 0 Å². The molecular weight excluding hydrogens is 407 g/mol. The number of sulfonamides is 1. The van der Waals surface area contributed by atoms with Crippen molar-refractivity contribution in [1.29, 1.82) is 0 Å². The van der Waals surface area contributed by atoms with E-state index in [1.807, 2.05) is 4.90 Å². The van der Waals surface area contributed by atoms with Crippen LogP contribution in [0.15, 0.2) is 12.3 Å². The van der Waals surface area contributed by atoms with Gasteiger partial charge in [-0.15, -0.1) is 0 Å². The highest BCUT2D eigenvalue weighted by atomic mass is 32.2. The van der Waals surface area contributed by atoms with Crippen molar-refractivity contribution in [1.82, 2.24) is 4.98 Å². The Morgan fingerprint density at radius 3 is 2.14 bits per heavy atom. The second-order valence-corrected chi connectivity index (χ2v) is 8.00. The molecule has 0 amide bonds. The number of alkyl halides is 3. The molecule has 13 heteroatoms. The molecule has 0 spiro atoms. The Labute approximate surface area is 159 Å². The van der Waals surface area contributed by atoms with Gasteiger partial charge in [-0.1, -0.05) is 6.92 Å². The van der Waals surface area contributed by atoms with Crippen molar-refractivity contribution in [2.24, 2.45) is 5.92 Å². The van der Waals surface area contributed by atoms with E-state index in [1.165, 1.54) is 12.3 Å². The molecule has 2 heterocycles. The number of piperidine rings is 1. The van der Waals surface area contributed by atoms with Crippen LogP contribution in [0.5, 0.6) is 0 Å². The summed E-state index contributed by atoms with van der Waals surface area (Å²) in [5.41, 5.74) is 0.169. The quantitative estimate of drug-likeness (QED) is 0.664. The van der Waals surface area contributed by atoms with Crippen molar-refractivity contribution < 1.29 is 41.4 Å². The van der Waals surface area contributed by atoms with E-state index < -0.39 is 28.1 Å². The number of hydrogen-bond acceptors (Lipinski definition) is 6. The second-order valence-electron chi connectivity index (χ2n) is 6.25. The first-order valence-corrected chi connectivity index (χ1v) is 9.86. The third-order valence-electron chi connectivity index (χ3n) is 3.73. The molecule has 0 aliphatic carbocycles. The topological polar surface area (TPSA) is 137 Å². The van der Waals surface area contributed by atoms with Gasteiger partial charge in [-0.2, -0.15) is 13.2 Å². The van der Waals surface area contributed by atoms with Gasteiger partial charge in [-0.05, 0) is 24.8 Å². The Balaban J connectivity index is 0.000000480. The van der Waals surface area contributed by atoms with Crippen molar-refractivity contribution in [2.45, 2.75) is 25.9 Å². The van der Waals surface area contributed by atoms with E-state index in [1.54, 1.807) is 0 Å². The molecule has 1 aliphatic heterocycles. The van der Waals surface area contributed by atoms with E-state index in [9.17, 15) is 31.5 Å². The predicted molar refractivity (Wildman–Crippen MR) is 94.0 cm³/mol. The number of nitrogens with zero attached hydrogens (tertiary/aromatic N) is 2. The van der Waals surface area contributed by atoms with Crippen molar-refractivity contribution in [3.63, 3.8) is 0 Å². The molecule has 3 N–H and O–H groups in total. The minimum atomic E-state index is -5.08. The first kappa shape index (κ1) is 23.5. The zero-order valence-electron chi connectivity index (χ0n) is 15.0. The molecule has 1 aromatic heterocycles. The number of hydrogen-bond donors (Lipinski definition) is 3. The average Bonchev–Trinajstić information content (AvgIpc) is 2.54. The molecular formula is C15H20F3N3O6S. The summed E-state index contributed by atoms with van der Waals surface area (Å²) in [7, 11) is -3.46. The number of carbonyl (C=O) groups is 2. The minimum absolute atomic E-state index is 0.0122. The first-order chi connectivity index (χ1) is 12.7. The molecule has 1 fully saturated rings. The summed E-state index contributed by atoms with van der Waals surface area (Å²) >= 11 is 0. The number of aliphatic carboxylic acids is 1. The molecule has 0 unspecified atom stereocenters. The normalized spacial score (nSPS) is 15.4. The summed E-state index contributed by atoms with van der Waals surface area (Å²) < 4.78 is 56.4. The smallest absolute Gasteiger partial charge is 0.478 e. The lowest BCUT2D eigenvalue weighted by Crippen LogP contribution is -2.34. The highest BCUT2D eigenvalue weighted by Crippen LogP contribution is 2.26. The third kappa shape index (κ3) is 7.58. The van der Waals surface area contributed by atoms with Gasteiger partial charge in [-0.25, -0.2) is 23.0 Å². The van der Waals surface area contributed by atoms with Crippen LogP contribution in [-0.2, 0) is 14.8 Å². The van der Waals surface area contributed by atoms with Gasteiger partial charge in [0.2, 0.25) is 10.0 Å². The molecule has 0 radical (unpaired) electrons. The SMILES string of the molecule is CC1CCN(c2ncc(NS(C)(=O)=O)cc2C(=O)O)CC1.O=C(O)C(F)(F)F. The standard InChI is InChI=1S/C13H19N3O4S.C2HF3O2/c1-9-3-5-16(6-4-9)12-11(13(17)18)7-10(8-14-12)15-21(2,19)20;3-2(4,5)1(6)7/h7-9,15H,3-6H2,1-2H3,(H,17,18);(H,6,7). The highest BCUT2D eigenvalue weighted by Gasteiger charge is 2.38. The van der Waals surface area contributed by atoms with Crippen LogP contribution in [0.25, 0.3) is 0 Å². The first-order valence-electron chi connectivity index (χ1n) is 7.97. The average molecular weight is 427 g/mol. The number of aromatic carboxylic acids is 1. The molecule has 0 atom stereocenters. The van der Waals surface area contributed by atoms with E-state index in [0.717, 1.165) is 32.2 Å². The van der Waals surface area contributed by atoms with Gasteiger partial charge in [0.05, 0.1) is 18.1 Å². The Kier molecular flexibility index (Phi) is 7.61. The van der Waals surface area contributed by atoms with Crippen LogP contribution < -0.4 is 9.62 Å². The highest BCUT2D eigenvalue weighted by molar-refractivity contribution is 7.92. The lowest BCUT2D eigenvalue weighted by Gasteiger charge is -2.32. The number of nitrogens with one attached hydrogen (secondary N) is 1. The Morgan fingerprint density at radius 2 is 1.75 bits per heavy atom. The van der Waals surface area contributed by atoms with E-state index in [2.05, 4.69) is 16.6 Å². The molecule has 28 heavy (non-hydrogen) atoms. The molecule has 1 aliphatic rings. The van der Waals surface area contributed by atoms with Gasteiger partial charge >= 0.3 is 18.1 Å². The van der Waals surface area contributed by atoms with Crippen LogP contribution in [-0.4, -0.2) is 61.1 Å². The van der Waals surface area contributed by atoms with E-state index in [-0.39, 0.29) is 11.3 Å². The van der Waals surface area contributed by atoms with Crippen molar-refractivity contribution in [3.05, 3.63) is 17.8 Å². The molecule has 1 saturated heterocycles. The number of halogens is 3. The van der Waals surface area contributed by atoms with Gasteiger partial charge in [0.1, 0.15) is 11.4 Å². The summed E-state index contributed by atoms with van der Waals surface area (Å²) in [6, 6.07) is 1.31. The van der Waals surface area contributed by atoms with E-state index in [0.29, 0.717) is 11.7 Å². The fourth-order valence-electron chi connectivity index (χ4n) is 2.36. The number of rotatable bonds is 4. The third-order valence-corrected chi connectivity index (χ3v) is 4.33. The molecule has 2 rings (SSSR count). The van der Waals surface area contributed by atoms with Gasteiger partial charge < -0.3 is 15.1 Å². The summed E-state index contributed by atoms with van der Waals surface area (Å²) in [5.74, 6) is -2.85. The van der Waals surface area contributed by atoms with Gasteiger partial charge in [0, 0.05) is 13.1 Å². The number of carboxylic acid groups (broad SMARTS) is 2. The molecule has 1 aromatic rings. The number of aromatic nitrogens is 1. The maximum absolute atomic E-state index is 11.4. The minimum Gasteiger partial charge on any atom is -0.478 e. The molecule has 0 bridgehead atoms. The Bertz CT molecular complexity index is 821. The van der Waals surface area contributed by atoms with Crippen molar-refractivity contribution in [2.75, 3.05) is 29.0 Å². The Hall–Kier alpha value is -2.57. The molecule has 9 nitrogen and oxygen atoms in total. The number of anilines is 2. The summed E-state index contributed by atoms with van der Waals surface area (Å²) in [4.78, 5) is 26.4. The molecule has 0 saturated carbocycles. The van der Waals surface area contributed by atoms with Crippen LogP contribution in [0.2, 0.25) is 0 Å². The van der Waals surface area contributed by atoms with Crippen molar-refractivity contribution in [3.8, 4) is 0 Å². The van der Waals surface area contributed by atoms with E-state index >= 15 is 0 Å². The monoisotopic (exact) mass is 427 g/mol. The van der Waals surface area contributed by atoms with Gasteiger partial charge in [-0.3, -0.25) is 4.72 Å². The number of carboxylic acids is 2. The van der Waals surface area contributed by atoms with Crippen LogP contribution in [0.4, 0.5) is 24.7 Å². The second kappa shape index (κ2) is 9.08. The lowest BCUT2D eigenvalue weighted by atomic mass is 9.99.